The number of para-hydroxylation sites is 1. The first-order valence-electron chi connectivity index (χ1n) is 7.30. The Morgan fingerprint density at radius 3 is 2.68 bits per heavy atom. The van der Waals surface area contributed by atoms with E-state index in [1.165, 1.54) is 0 Å². The summed E-state index contributed by atoms with van der Waals surface area (Å²) in [4.78, 5) is 16.5. The molecule has 3 rings (SSSR count). The van der Waals surface area contributed by atoms with Gasteiger partial charge < -0.3 is 5.32 Å². The normalized spacial score (nSPS) is 14.2. The van der Waals surface area contributed by atoms with Crippen LogP contribution in [0.25, 0.3) is 0 Å². The van der Waals surface area contributed by atoms with E-state index in [0.29, 0.717) is 10.9 Å². The van der Waals surface area contributed by atoms with E-state index in [1.807, 2.05) is 42.5 Å². The zero-order valence-corrected chi connectivity index (χ0v) is 13.3. The fourth-order valence-electron chi connectivity index (χ4n) is 2.69. The van der Waals surface area contributed by atoms with E-state index in [1.54, 1.807) is 0 Å². The number of benzodiazepines with no additional fused rings is 1. The van der Waals surface area contributed by atoms with E-state index in [-0.39, 0.29) is 12.5 Å². The monoisotopic (exact) mass is 312 g/mol. The van der Waals surface area contributed by atoms with Crippen molar-refractivity contribution in [3.8, 4) is 0 Å². The molecular weight excluding hydrogens is 296 g/mol. The summed E-state index contributed by atoms with van der Waals surface area (Å²) < 4.78 is 0. The Hall–Kier alpha value is -2.13. The Morgan fingerprint density at radius 1 is 1.18 bits per heavy atom. The summed E-state index contributed by atoms with van der Waals surface area (Å²) in [5.74, 6) is 0.223. The van der Waals surface area contributed by atoms with Gasteiger partial charge >= 0.3 is 0 Å². The molecule has 3 nitrogen and oxygen atoms in total. The molecule has 1 amide bonds. The van der Waals surface area contributed by atoms with Gasteiger partial charge in [-0.1, -0.05) is 55.8 Å². The number of nitrogens with zero attached hydrogens (tertiary/aromatic N) is 1. The van der Waals surface area contributed by atoms with Crippen LogP contribution in [0.1, 0.15) is 36.5 Å². The maximum absolute atomic E-state index is 12.0. The molecule has 4 heteroatoms. The smallest absolute Gasteiger partial charge is 0.246 e. The highest BCUT2D eigenvalue weighted by atomic mass is 35.5. The van der Waals surface area contributed by atoms with Crippen LogP contribution in [0.3, 0.4) is 0 Å². The van der Waals surface area contributed by atoms with Gasteiger partial charge in [0.2, 0.25) is 5.91 Å². The second-order valence-corrected chi connectivity index (χ2v) is 6.08. The van der Waals surface area contributed by atoms with Gasteiger partial charge in [-0.25, -0.2) is 0 Å². The minimum atomic E-state index is -0.0913. The Balaban J connectivity index is 2.22. The Kier molecular flexibility index (Phi) is 3.99. The van der Waals surface area contributed by atoms with E-state index in [0.717, 1.165) is 28.1 Å². The number of hydrogen-bond acceptors (Lipinski definition) is 2. The van der Waals surface area contributed by atoms with Crippen molar-refractivity contribution in [2.45, 2.75) is 19.8 Å². The second-order valence-electron chi connectivity index (χ2n) is 5.65. The number of benzene rings is 2. The minimum Gasteiger partial charge on any atom is -0.324 e. The number of anilines is 1. The van der Waals surface area contributed by atoms with Gasteiger partial charge in [-0.3, -0.25) is 9.79 Å². The molecule has 0 fully saturated rings. The van der Waals surface area contributed by atoms with Crippen LogP contribution in [0.15, 0.2) is 47.5 Å². The molecule has 0 saturated carbocycles. The Bertz CT molecular complexity index is 765. The topological polar surface area (TPSA) is 41.5 Å². The third kappa shape index (κ3) is 2.77. The van der Waals surface area contributed by atoms with Crippen LogP contribution in [0.2, 0.25) is 5.02 Å². The van der Waals surface area contributed by atoms with Crippen molar-refractivity contribution in [1.82, 2.24) is 0 Å². The highest BCUT2D eigenvalue weighted by Crippen LogP contribution is 2.31. The lowest BCUT2D eigenvalue weighted by atomic mass is 9.93. The predicted molar refractivity (Wildman–Crippen MR) is 91.1 cm³/mol. The molecule has 0 radical (unpaired) electrons. The number of fused-ring (bicyclic) bond motifs is 1. The van der Waals surface area contributed by atoms with E-state index in [4.69, 9.17) is 11.6 Å². The van der Waals surface area contributed by atoms with Crippen LogP contribution in [0, 0.1) is 0 Å². The number of hydrogen-bond donors (Lipinski definition) is 1. The Morgan fingerprint density at radius 2 is 1.95 bits per heavy atom. The molecule has 0 aliphatic carbocycles. The molecule has 1 heterocycles. The fourth-order valence-corrected chi connectivity index (χ4v) is 2.88. The number of nitrogens with one attached hydrogen (secondary N) is 1. The molecule has 0 spiro atoms. The third-order valence-electron chi connectivity index (χ3n) is 3.72. The molecule has 112 valence electrons. The quantitative estimate of drug-likeness (QED) is 0.884. The van der Waals surface area contributed by atoms with Crippen LogP contribution < -0.4 is 5.32 Å². The first kappa shape index (κ1) is 14.8. The summed E-state index contributed by atoms with van der Waals surface area (Å²) in [6.45, 7) is 4.35. The van der Waals surface area contributed by atoms with Gasteiger partial charge in [-0.05, 0) is 23.6 Å². The molecular formula is C18H17ClN2O. The zero-order valence-electron chi connectivity index (χ0n) is 12.6. The molecule has 1 N–H and O–H groups in total. The van der Waals surface area contributed by atoms with Crippen molar-refractivity contribution in [3.63, 3.8) is 0 Å². The van der Waals surface area contributed by atoms with Gasteiger partial charge in [-0.15, -0.1) is 0 Å². The molecule has 2 aromatic carbocycles. The molecule has 22 heavy (non-hydrogen) atoms. The lowest BCUT2D eigenvalue weighted by Crippen LogP contribution is -2.15. The maximum Gasteiger partial charge on any atom is 0.246 e. The standard InChI is InChI=1S/C18H17ClN2O/c1-11(2)14-7-4-8-15-17(12-5-3-6-13(19)9-12)20-10-16(22)21-18(14)15/h3-9,11H,10H2,1-2H3,(H,21,22). The zero-order chi connectivity index (χ0) is 15.7. The van der Waals surface area contributed by atoms with Gasteiger partial charge in [0.25, 0.3) is 0 Å². The predicted octanol–water partition coefficient (Wildman–Crippen LogP) is 4.25. The third-order valence-corrected chi connectivity index (χ3v) is 3.95. The fraction of sp³-hybridized carbons (Fsp3) is 0.222. The Labute approximate surface area is 135 Å². The lowest BCUT2D eigenvalue weighted by Gasteiger charge is -2.17. The average molecular weight is 313 g/mol. The number of amides is 1. The number of carbonyl (C=O) groups is 1. The summed E-state index contributed by atoms with van der Waals surface area (Å²) in [6, 6.07) is 13.6. The molecule has 0 aromatic heterocycles. The largest absolute Gasteiger partial charge is 0.324 e. The SMILES string of the molecule is CC(C)c1cccc2c1NC(=O)CN=C2c1cccc(Cl)c1. The molecule has 0 unspecified atom stereocenters. The summed E-state index contributed by atoms with van der Waals surface area (Å²) in [6.07, 6.45) is 0. The molecule has 1 aliphatic heterocycles. The molecule has 0 saturated heterocycles. The number of rotatable bonds is 2. The lowest BCUT2D eigenvalue weighted by molar-refractivity contribution is -0.114. The van der Waals surface area contributed by atoms with E-state index < -0.39 is 0 Å². The van der Waals surface area contributed by atoms with Gasteiger partial charge in [0, 0.05) is 16.1 Å². The van der Waals surface area contributed by atoms with Gasteiger partial charge in [0.1, 0.15) is 6.54 Å². The van der Waals surface area contributed by atoms with Crippen molar-refractivity contribution < 1.29 is 4.79 Å². The second kappa shape index (κ2) is 5.93. The van der Waals surface area contributed by atoms with Crippen molar-refractivity contribution >= 4 is 28.9 Å². The van der Waals surface area contributed by atoms with Crippen LogP contribution in [0.4, 0.5) is 5.69 Å². The number of halogens is 1. The highest BCUT2D eigenvalue weighted by Gasteiger charge is 2.21. The summed E-state index contributed by atoms with van der Waals surface area (Å²) in [5, 5.41) is 3.66. The van der Waals surface area contributed by atoms with E-state index in [2.05, 4.69) is 24.2 Å². The van der Waals surface area contributed by atoms with Gasteiger partial charge in [-0.2, -0.15) is 0 Å². The van der Waals surface area contributed by atoms with Crippen molar-refractivity contribution in [1.29, 1.82) is 0 Å². The minimum absolute atomic E-state index is 0.0913. The summed E-state index contributed by atoms with van der Waals surface area (Å²) in [7, 11) is 0. The van der Waals surface area contributed by atoms with Gasteiger partial charge in [0.05, 0.1) is 11.4 Å². The van der Waals surface area contributed by atoms with Crippen molar-refractivity contribution in [3.05, 3.63) is 64.2 Å². The summed E-state index contributed by atoms with van der Waals surface area (Å²) >= 11 is 6.10. The van der Waals surface area contributed by atoms with Crippen LogP contribution in [-0.4, -0.2) is 18.2 Å². The van der Waals surface area contributed by atoms with Crippen LogP contribution in [-0.2, 0) is 4.79 Å². The maximum atomic E-state index is 12.0. The summed E-state index contributed by atoms with van der Waals surface area (Å²) in [5.41, 5.74) is 4.64. The van der Waals surface area contributed by atoms with Gasteiger partial charge in [0.15, 0.2) is 0 Å². The number of carbonyl (C=O) groups excluding carboxylic acids is 1. The molecule has 1 aliphatic rings. The molecule has 2 aromatic rings. The highest BCUT2D eigenvalue weighted by molar-refractivity contribution is 6.31. The molecule has 0 bridgehead atoms. The first-order valence-corrected chi connectivity index (χ1v) is 7.67. The number of aliphatic imine (C=N–C) groups is 1. The van der Waals surface area contributed by atoms with Crippen molar-refractivity contribution in [2.24, 2.45) is 4.99 Å². The molecule has 0 atom stereocenters. The average Bonchev–Trinajstić information content (AvgIpc) is 2.65. The van der Waals surface area contributed by atoms with Crippen LogP contribution in [0.5, 0.6) is 0 Å². The van der Waals surface area contributed by atoms with Crippen molar-refractivity contribution in [2.75, 3.05) is 11.9 Å². The van der Waals surface area contributed by atoms with Crippen LogP contribution >= 0.6 is 11.6 Å². The van der Waals surface area contributed by atoms with E-state index >= 15 is 0 Å². The first-order chi connectivity index (χ1) is 10.6. The van der Waals surface area contributed by atoms with E-state index in [9.17, 15) is 4.79 Å².